The maximum Gasteiger partial charge on any atom is 0.326 e. The van der Waals surface area contributed by atoms with Crippen molar-refractivity contribution in [2.45, 2.75) is 64.8 Å². The van der Waals surface area contributed by atoms with Crippen LogP contribution >= 0.6 is 0 Å². The number of anilines is 1. The van der Waals surface area contributed by atoms with E-state index in [1.54, 1.807) is 39.5 Å². The third kappa shape index (κ3) is 5.95. The standard InChI is InChI=1S/C33H38N4O5/c1-20-16-29(42-4)25(18-28(20)41-3)30-24(15-14-22-10-6-5-7-11-22)19-34-33(35-30)36-31(38)27-17-23-12-8-9-13-26(23)37(27)21(2)32(39)40/h8-9,12-13,16-19,21-22H,5-7,10-11,14-15H2,1-4H3,(H,39,40)(H,34,35,36,38). The van der Waals surface area contributed by atoms with Gasteiger partial charge in [-0.3, -0.25) is 10.1 Å². The Labute approximate surface area is 245 Å². The summed E-state index contributed by atoms with van der Waals surface area (Å²) in [5, 5.41) is 13.4. The lowest BCUT2D eigenvalue weighted by Crippen LogP contribution is -2.23. The second kappa shape index (κ2) is 12.6. The third-order valence-corrected chi connectivity index (χ3v) is 8.33. The van der Waals surface area contributed by atoms with Crippen molar-refractivity contribution in [1.82, 2.24) is 14.5 Å². The summed E-state index contributed by atoms with van der Waals surface area (Å²) in [6.45, 7) is 3.51. The minimum atomic E-state index is -1.04. The molecule has 0 bridgehead atoms. The van der Waals surface area contributed by atoms with E-state index in [4.69, 9.17) is 14.5 Å². The summed E-state index contributed by atoms with van der Waals surface area (Å²) in [5.74, 6) is 0.635. The molecular weight excluding hydrogens is 532 g/mol. The maximum atomic E-state index is 13.6. The highest BCUT2D eigenvalue weighted by molar-refractivity contribution is 6.06. The molecule has 1 fully saturated rings. The number of hydrogen-bond acceptors (Lipinski definition) is 6. The smallest absolute Gasteiger partial charge is 0.326 e. The normalized spacial score (nSPS) is 14.5. The Morgan fingerprint density at radius 2 is 1.81 bits per heavy atom. The number of benzene rings is 2. The molecule has 1 unspecified atom stereocenters. The van der Waals surface area contributed by atoms with Gasteiger partial charge in [0.05, 0.1) is 19.9 Å². The highest BCUT2D eigenvalue weighted by Gasteiger charge is 2.25. The molecule has 5 rings (SSSR count). The van der Waals surface area contributed by atoms with Crippen molar-refractivity contribution < 1.29 is 24.2 Å². The topological polar surface area (TPSA) is 116 Å². The van der Waals surface area contributed by atoms with Crippen LogP contribution in [0.3, 0.4) is 0 Å². The number of nitrogens with zero attached hydrogens (tertiary/aromatic N) is 3. The molecular formula is C33H38N4O5. The van der Waals surface area contributed by atoms with Crippen LogP contribution in [-0.2, 0) is 11.2 Å². The number of rotatable bonds is 10. The van der Waals surface area contributed by atoms with Gasteiger partial charge in [-0.1, -0.05) is 50.3 Å². The van der Waals surface area contributed by atoms with Gasteiger partial charge in [-0.25, -0.2) is 14.8 Å². The van der Waals surface area contributed by atoms with Gasteiger partial charge in [0.1, 0.15) is 23.2 Å². The Balaban J connectivity index is 1.53. The summed E-state index contributed by atoms with van der Waals surface area (Å²) >= 11 is 0. The quantitative estimate of drug-likeness (QED) is 0.215. The summed E-state index contributed by atoms with van der Waals surface area (Å²) in [6.07, 6.45) is 9.98. The Bertz CT molecular complexity index is 1610. The maximum absolute atomic E-state index is 13.6. The van der Waals surface area contributed by atoms with E-state index in [1.165, 1.54) is 36.7 Å². The summed E-state index contributed by atoms with van der Waals surface area (Å²) in [4.78, 5) is 34.9. The average molecular weight is 571 g/mol. The molecule has 2 N–H and O–H groups in total. The summed E-state index contributed by atoms with van der Waals surface area (Å²) < 4.78 is 12.9. The first kappa shape index (κ1) is 29.1. The zero-order valence-electron chi connectivity index (χ0n) is 24.6. The number of aliphatic carboxylic acids is 1. The Morgan fingerprint density at radius 3 is 2.52 bits per heavy atom. The van der Waals surface area contributed by atoms with Crippen LogP contribution in [0.2, 0.25) is 0 Å². The van der Waals surface area contributed by atoms with Crippen molar-refractivity contribution in [3.63, 3.8) is 0 Å². The van der Waals surface area contributed by atoms with Crippen molar-refractivity contribution in [2.75, 3.05) is 19.5 Å². The molecule has 1 saturated carbocycles. The number of amides is 1. The van der Waals surface area contributed by atoms with Crippen molar-refractivity contribution in [2.24, 2.45) is 5.92 Å². The lowest BCUT2D eigenvalue weighted by atomic mass is 9.85. The molecule has 0 saturated heterocycles. The first-order valence-electron chi connectivity index (χ1n) is 14.5. The zero-order chi connectivity index (χ0) is 29.8. The Hall–Kier alpha value is -4.40. The van der Waals surface area contributed by atoms with Gasteiger partial charge >= 0.3 is 5.97 Å². The number of methoxy groups -OCH3 is 2. The van der Waals surface area contributed by atoms with E-state index in [1.807, 2.05) is 37.3 Å². The van der Waals surface area contributed by atoms with E-state index in [0.29, 0.717) is 28.6 Å². The van der Waals surface area contributed by atoms with Gasteiger partial charge in [0.15, 0.2) is 0 Å². The fourth-order valence-electron chi connectivity index (χ4n) is 6.00. The fourth-order valence-corrected chi connectivity index (χ4v) is 6.00. The SMILES string of the molecule is COc1cc(-c2nc(NC(=O)c3cc4ccccc4n3C(C)C(=O)O)ncc2CCC2CCCCC2)c(OC)cc1C. The zero-order valence-corrected chi connectivity index (χ0v) is 24.6. The summed E-state index contributed by atoms with van der Waals surface area (Å²) in [7, 11) is 3.25. The minimum absolute atomic E-state index is 0.123. The molecule has 0 spiro atoms. The van der Waals surface area contributed by atoms with Gasteiger partial charge in [0.25, 0.3) is 5.91 Å². The molecule has 1 aliphatic carbocycles. The number of carboxylic acid groups (broad SMARTS) is 1. The van der Waals surface area contributed by atoms with Crippen LogP contribution in [0.1, 0.15) is 73.1 Å². The number of carboxylic acids is 1. The van der Waals surface area contributed by atoms with Crippen molar-refractivity contribution in [3.05, 3.63) is 65.5 Å². The van der Waals surface area contributed by atoms with Gasteiger partial charge in [-0.05, 0) is 68.0 Å². The van der Waals surface area contributed by atoms with Crippen molar-refractivity contribution in [1.29, 1.82) is 0 Å². The number of carbonyl (C=O) groups excluding carboxylic acids is 1. The number of ether oxygens (including phenoxy) is 2. The van der Waals surface area contributed by atoms with E-state index < -0.39 is 17.9 Å². The van der Waals surface area contributed by atoms with E-state index in [-0.39, 0.29) is 11.6 Å². The average Bonchev–Trinajstić information content (AvgIpc) is 3.40. The fraction of sp³-hybridized carbons (Fsp3) is 0.394. The van der Waals surface area contributed by atoms with Gasteiger partial charge in [-0.15, -0.1) is 0 Å². The number of nitrogens with one attached hydrogen (secondary N) is 1. The number of aromatic nitrogens is 3. The predicted octanol–water partition coefficient (Wildman–Crippen LogP) is 6.83. The monoisotopic (exact) mass is 570 g/mol. The molecule has 9 heteroatoms. The molecule has 42 heavy (non-hydrogen) atoms. The Morgan fingerprint density at radius 1 is 1.07 bits per heavy atom. The van der Waals surface area contributed by atoms with E-state index in [0.717, 1.165) is 34.9 Å². The van der Waals surface area contributed by atoms with Gasteiger partial charge in [0.2, 0.25) is 5.95 Å². The molecule has 0 aliphatic heterocycles. The van der Waals surface area contributed by atoms with Gasteiger partial charge in [0, 0.05) is 22.7 Å². The molecule has 1 amide bonds. The van der Waals surface area contributed by atoms with Crippen LogP contribution < -0.4 is 14.8 Å². The van der Waals surface area contributed by atoms with Crippen LogP contribution in [0, 0.1) is 12.8 Å². The molecule has 2 heterocycles. The lowest BCUT2D eigenvalue weighted by molar-refractivity contribution is -0.140. The number of hydrogen-bond donors (Lipinski definition) is 2. The van der Waals surface area contributed by atoms with Crippen LogP contribution in [0.25, 0.3) is 22.2 Å². The second-order valence-corrected chi connectivity index (χ2v) is 11.1. The lowest BCUT2D eigenvalue weighted by Gasteiger charge is -2.22. The van der Waals surface area contributed by atoms with Crippen LogP contribution in [0.5, 0.6) is 11.5 Å². The molecule has 220 valence electrons. The van der Waals surface area contributed by atoms with Crippen LogP contribution in [0.4, 0.5) is 5.95 Å². The number of fused-ring (bicyclic) bond motifs is 1. The number of carbonyl (C=O) groups is 2. The molecule has 4 aromatic rings. The van der Waals surface area contributed by atoms with Crippen LogP contribution in [-0.4, -0.2) is 45.7 Å². The largest absolute Gasteiger partial charge is 0.496 e. The predicted molar refractivity (Wildman–Crippen MR) is 162 cm³/mol. The first-order chi connectivity index (χ1) is 20.3. The highest BCUT2D eigenvalue weighted by Crippen LogP contribution is 2.38. The molecule has 9 nitrogen and oxygen atoms in total. The van der Waals surface area contributed by atoms with Gasteiger partial charge in [-0.2, -0.15) is 0 Å². The number of para-hydroxylation sites is 1. The van der Waals surface area contributed by atoms with Gasteiger partial charge < -0.3 is 19.1 Å². The second-order valence-electron chi connectivity index (χ2n) is 11.1. The molecule has 2 aromatic heterocycles. The van der Waals surface area contributed by atoms with E-state index in [9.17, 15) is 14.7 Å². The molecule has 2 aromatic carbocycles. The van der Waals surface area contributed by atoms with E-state index in [2.05, 4.69) is 10.3 Å². The van der Waals surface area contributed by atoms with Crippen molar-refractivity contribution >= 4 is 28.7 Å². The summed E-state index contributed by atoms with van der Waals surface area (Å²) in [5.41, 5.74) is 4.21. The highest BCUT2D eigenvalue weighted by atomic mass is 16.5. The van der Waals surface area contributed by atoms with Crippen LogP contribution in [0.15, 0.2) is 48.7 Å². The summed E-state index contributed by atoms with van der Waals surface area (Å²) in [6, 6.07) is 11.9. The molecule has 1 aliphatic rings. The molecule has 0 radical (unpaired) electrons. The Kier molecular flexibility index (Phi) is 8.75. The minimum Gasteiger partial charge on any atom is -0.496 e. The molecule has 1 atom stereocenters. The first-order valence-corrected chi connectivity index (χ1v) is 14.5. The van der Waals surface area contributed by atoms with Crippen molar-refractivity contribution in [3.8, 4) is 22.8 Å². The van der Waals surface area contributed by atoms with E-state index >= 15 is 0 Å². The third-order valence-electron chi connectivity index (χ3n) is 8.33. The number of aryl methyl sites for hydroxylation is 2.